The van der Waals surface area contributed by atoms with Crippen LogP contribution < -0.4 is 11.1 Å². The lowest BCUT2D eigenvalue weighted by atomic mass is 10.1. The molecule has 100 valence electrons. The SMILES string of the molecule is CC(C)C(N)CNC(=O)Cc1ccc(Cl)c(Cl)c1. The highest BCUT2D eigenvalue weighted by Gasteiger charge is 2.10. The molecule has 0 radical (unpaired) electrons. The van der Waals surface area contributed by atoms with Gasteiger partial charge in [0.2, 0.25) is 5.91 Å². The fourth-order valence-electron chi connectivity index (χ4n) is 1.36. The topological polar surface area (TPSA) is 55.1 Å². The van der Waals surface area contributed by atoms with E-state index in [1.807, 2.05) is 13.8 Å². The Bertz CT molecular complexity index is 421. The van der Waals surface area contributed by atoms with Crippen LogP contribution >= 0.6 is 23.2 Å². The molecule has 1 amide bonds. The van der Waals surface area contributed by atoms with Crippen LogP contribution in [0.25, 0.3) is 0 Å². The van der Waals surface area contributed by atoms with Gasteiger partial charge in [0, 0.05) is 12.6 Å². The van der Waals surface area contributed by atoms with E-state index in [-0.39, 0.29) is 18.4 Å². The average Bonchev–Trinajstić information content (AvgIpc) is 2.30. The molecule has 1 rings (SSSR count). The Labute approximate surface area is 118 Å². The number of rotatable bonds is 5. The van der Waals surface area contributed by atoms with E-state index in [4.69, 9.17) is 28.9 Å². The van der Waals surface area contributed by atoms with E-state index in [1.54, 1.807) is 18.2 Å². The lowest BCUT2D eigenvalue weighted by Crippen LogP contribution is -2.40. The van der Waals surface area contributed by atoms with E-state index in [9.17, 15) is 4.79 Å². The van der Waals surface area contributed by atoms with E-state index in [1.165, 1.54) is 0 Å². The molecule has 0 fully saturated rings. The molecule has 0 saturated carbocycles. The molecule has 0 bridgehead atoms. The molecular formula is C13H18Cl2N2O. The lowest BCUT2D eigenvalue weighted by molar-refractivity contribution is -0.120. The maximum Gasteiger partial charge on any atom is 0.224 e. The van der Waals surface area contributed by atoms with Gasteiger partial charge in [-0.3, -0.25) is 4.79 Å². The number of carbonyl (C=O) groups is 1. The van der Waals surface area contributed by atoms with Crippen molar-refractivity contribution >= 4 is 29.1 Å². The van der Waals surface area contributed by atoms with Crippen molar-refractivity contribution in [3.8, 4) is 0 Å². The first-order valence-electron chi connectivity index (χ1n) is 5.86. The second-order valence-corrected chi connectivity index (χ2v) is 5.45. The molecule has 0 aliphatic rings. The van der Waals surface area contributed by atoms with Gasteiger partial charge in [-0.1, -0.05) is 43.1 Å². The highest BCUT2D eigenvalue weighted by molar-refractivity contribution is 6.42. The Hall–Kier alpha value is -0.770. The van der Waals surface area contributed by atoms with Gasteiger partial charge in [0.25, 0.3) is 0 Å². The number of nitrogens with one attached hydrogen (secondary N) is 1. The zero-order valence-electron chi connectivity index (χ0n) is 10.5. The van der Waals surface area contributed by atoms with Gasteiger partial charge in [-0.25, -0.2) is 0 Å². The average molecular weight is 289 g/mol. The Morgan fingerprint density at radius 1 is 1.33 bits per heavy atom. The molecule has 0 aliphatic carbocycles. The first-order chi connectivity index (χ1) is 8.40. The Morgan fingerprint density at radius 3 is 2.56 bits per heavy atom. The van der Waals surface area contributed by atoms with Crippen LogP contribution in [-0.2, 0) is 11.2 Å². The van der Waals surface area contributed by atoms with Gasteiger partial charge in [0.15, 0.2) is 0 Å². The van der Waals surface area contributed by atoms with E-state index in [2.05, 4.69) is 5.32 Å². The summed E-state index contributed by atoms with van der Waals surface area (Å²) in [7, 11) is 0. The third kappa shape index (κ3) is 4.84. The summed E-state index contributed by atoms with van der Waals surface area (Å²) >= 11 is 11.7. The molecule has 1 aromatic carbocycles. The second kappa shape index (κ2) is 6.98. The predicted molar refractivity (Wildman–Crippen MR) is 76.0 cm³/mol. The first-order valence-corrected chi connectivity index (χ1v) is 6.62. The predicted octanol–water partition coefficient (Wildman–Crippen LogP) is 2.64. The maximum atomic E-state index is 11.7. The molecule has 18 heavy (non-hydrogen) atoms. The minimum atomic E-state index is -0.0653. The number of hydrogen-bond acceptors (Lipinski definition) is 2. The number of halogens is 2. The second-order valence-electron chi connectivity index (χ2n) is 4.64. The summed E-state index contributed by atoms with van der Waals surface area (Å²) in [6.07, 6.45) is 0.279. The molecule has 0 heterocycles. The molecule has 1 aromatic rings. The monoisotopic (exact) mass is 288 g/mol. The van der Waals surface area contributed by atoms with Crippen molar-refractivity contribution < 1.29 is 4.79 Å². The highest BCUT2D eigenvalue weighted by atomic mass is 35.5. The van der Waals surface area contributed by atoms with Gasteiger partial charge >= 0.3 is 0 Å². The Morgan fingerprint density at radius 2 is 2.00 bits per heavy atom. The summed E-state index contributed by atoms with van der Waals surface area (Å²) in [5, 5.41) is 3.75. The van der Waals surface area contributed by atoms with E-state index >= 15 is 0 Å². The van der Waals surface area contributed by atoms with Crippen LogP contribution in [0.2, 0.25) is 10.0 Å². The van der Waals surface area contributed by atoms with Crippen molar-refractivity contribution in [1.29, 1.82) is 0 Å². The molecule has 1 atom stereocenters. The van der Waals surface area contributed by atoms with E-state index in [0.717, 1.165) is 5.56 Å². The fraction of sp³-hybridized carbons (Fsp3) is 0.462. The molecule has 0 aliphatic heterocycles. The van der Waals surface area contributed by atoms with Gasteiger partial charge in [0.1, 0.15) is 0 Å². The van der Waals surface area contributed by atoms with Crippen molar-refractivity contribution in [2.45, 2.75) is 26.3 Å². The van der Waals surface area contributed by atoms with Crippen LogP contribution in [0.3, 0.4) is 0 Å². The van der Waals surface area contributed by atoms with Crippen molar-refractivity contribution in [3.05, 3.63) is 33.8 Å². The summed E-state index contributed by atoms with van der Waals surface area (Å²) in [5.41, 5.74) is 6.68. The van der Waals surface area contributed by atoms with Gasteiger partial charge < -0.3 is 11.1 Å². The van der Waals surface area contributed by atoms with Gasteiger partial charge in [-0.15, -0.1) is 0 Å². The van der Waals surface area contributed by atoms with Crippen LogP contribution in [0, 0.1) is 5.92 Å². The Kier molecular flexibility index (Phi) is 5.93. The van der Waals surface area contributed by atoms with Crippen molar-refractivity contribution in [2.24, 2.45) is 11.7 Å². The largest absolute Gasteiger partial charge is 0.354 e. The van der Waals surface area contributed by atoms with Crippen LogP contribution in [0.5, 0.6) is 0 Å². The summed E-state index contributed by atoms with van der Waals surface area (Å²) < 4.78 is 0. The number of nitrogens with two attached hydrogens (primary N) is 1. The summed E-state index contributed by atoms with van der Waals surface area (Å²) in [6, 6.07) is 5.15. The first kappa shape index (κ1) is 15.3. The number of benzene rings is 1. The quantitative estimate of drug-likeness (QED) is 0.875. The number of amides is 1. The van der Waals surface area contributed by atoms with Crippen molar-refractivity contribution in [3.63, 3.8) is 0 Å². The summed E-state index contributed by atoms with van der Waals surface area (Å²) in [5.74, 6) is 0.278. The standard InChI is InChI=1S/C13H18Cl2N2O/c1-8(2)12(16)7-17-13(18)6-9-3-4-10(14)11(15)5-9/h3-5,8,12H,6-7,16H2,1-2H3,(H,17,18). The molecule has 3 N–H and O–H groups in total. The highest BCUT2D eigenvalue weighted by Crippen LogP contribution is 2.22. The van der Waals surface area contributed by atoms with Gasteiger partial charge in [0.05, 0.1) is 16.5 Å². The van der Waals surface area contributed by atoms with Crippen LogP contribution in [0.4, 0.5) is 0 Å². The smallest absolute Gasteiger partial charge is 0.224 e. The Balaban J connectivity index is 2.47. The van der Waals surface area contributed by atoms with Crippen LogP contribution in [0.15, 0.2) is 18.2 Å². The van der Waals surface area contributed by atoms with Crippen molar-refractivity contribution in [2.75, 3.05) is 6.54 Å². The molecule has 0 saturated heterocycles. The zero-order chi connectivity index (χ0) is 13.7. The molecular weight excluding hydrogens is 271 g/mol. The van der Waals surface area contributed by atoms with Crippen molar-refractivity contribution in [1.82, 2.24) is 5.32 Å². The number of hydrogen-bond donors (Lipinski definition) is 2. The molecule has 0 aromatic heterocycles. The molecule has 5 heteroatoms. The third-order valence-electron chi connectivity index (χ3n) is 2.74. The van der Waals surface area contributed by atoms with Gasteiger partial charge in [-0.2, -0.15) is 0 Å². The van der Waals surface area contributed by atoms with Gasteiger partial charge in [-0.05, 0) is 23.6 Å². The number of carbonyl (C=O) groups excluding carboxylic acids is 1. The normalized spacial score (nSPS) is 12.6. The molecule has 0 spiro atoms. The van der Waals surface area contributed by atoms with E-state index in [0.29, 0.717) is 22.5 Å². The van der Waals surface area contributed by atoms with E-state index < -0.39 is 0 Å². The molecule has 3 nitrogen and oxygen atoms in total. The minimum Gasteiger partial charge on any atom is -0.354 e. The maximum absolute atomic E-state index is 11.7. The minimum absolute atomic E-state index is 0.0252. The van der Waals surface area contributed by atoms with Crippen LogP contribution in [-0.4, -0.2) is 18.5 Å². The third-order valence-corrected chi connectivity index (χ3v) is 3.48. The van der Waals surface area contributed by atoms with Crippen LogP contribution in [0.1, 0.15) is 19.4 Å². The fourth-order valence-corrected chi connectivity index (χ4v) is 1.69. The zero-order valence-corrected chi connectivity index (χ0v) is 12.1. The summed E-state index contributed by atoms with van der Waals surface area (Å²) in [4.78, 5) is 11.7. The summed E-state index contributed by atoms with van der Waals surface area (Å²) in [6.45, 7) is 4.53. The molecule has 1 unspecified atom stereocenters. The lowest BCUT2D eigenvalue weighted by Gasteiger charge is -2.16.